The highest BCUT2D eigenvalue weighted by Crippen LogP contribution is 2.38. The number of hydrogen-bond acceptors (Lipinski definition) is 1. The molecule has 1 aliphatic heterocycles. The van der Waals surface area contributed by atoms with Crippen LogP contribution in [-0.2, 0) is 11.2 Å². The molecule has 4 rings (SSSR count). The van der Waals surface area contributed by atoms with E-state index in [1.165, 1.54) is 5.56 Å². The summed E-state index contributed by atoms with van der Waals surface area (Å²) in [6.45, 7) is 2.12. The molecule has 1 unspecified atom stereocenters. The first-order chi connectivity index (χ1) is 12.6. The average Bonchev–Trinajstić information content (AvgIpc) is 2.98. The van der Waals surface area contributed by atoms with E-state index in [9.17, 15) is 4.79 Å². The fraction of sp³-hybridized carbons (Fsp3) is 0.174. The van der Waals surface area contributed by atoms with E-state index in [1.807, 2.05) is 77.7 Å². The number of fused-ring (bicyclic) bond motifs is 1. The van der Waals surface area contributed by atoms with Crippen molar-refractivity contribution in [3.8, 4) is 0 Å². The maximum Gasteiger partial charge on any atom is 0.239 e. The van der Waals surface area contributed by atoms with Crippen molar-refractivity contribution in [3.05, 3.63) is 100 Å². The molecular weight excluding hydrogens is 386 g/mol. The molecule has 3 aromatic carbocycles. The molecule has 3 aromatic rings. The van der Waals surface area contributed by atoms with Crippen LogP contribution in [0.2, 0.25) is 0 Å². The Morgan fingerprint density at radius 1 is 0.962 bits per heavy atom. The molecule has 0 N–H and O–H groups in total. The first-order valence-corrected chi connectivity index (χ1v) is 9.66. The minimum atomic E-state index is -0.297. The van der Waals surface area contributed by atoms with Gasteiger partial charge in [0.15, 0.2) is 0 Å². The molecule has 3 heteroatoms. The van der Waals surface area contributed by atoms with Gasteiger partial charge >= 0.3 is 0 Å². The van der Waals surface area contributed by atoms with E-state index in [0.717, 1.165) is 27.7 Å². The molecule has 130 valence electrons. The Morgan fingerprint density at radius 2 is 1.54 bits per heavy atom. The van der Waals surface area contributed by atoms with Gasteiger partial charge in [-0.05, 0) is 48.2 Å². The number of halogens is 1. The van der Waals surface area contributed by atoms with Gasteiger partial charge in [-0.2, -0.15) is 0 Å². The fourth-order valence-corrected chi connectivity index (χ4v) is 4.25. The van der Waals surface area contributed by atoms with Gasteiger partial charge in [-0.3, -0.25) is 4.79 Å². The van der Waals surface area contributed by atoms with Gasteiger partial charge in [0.2, 0.25) is 5.91 Å². The first-order valence-electron chi connectivity index (χ1n) is 8.86. The predicted octanol–water partition coefficient (Wildman–Crippen LogP) is 5.56. The third-order valence-corrected chi connectivity index (χ3v) is 5.50. The quantitative estimate of drug-likeness (QED) is 0.558. The molecule has 0 aromatic heterocycles. The SMILES string of the molecule is CC1Cc2cc(Br)ccc2N1C(=O)C(c1ccccc1)c1ccccc1. The monoisotopic (exact) mass is 405 g/mol. The van der Waals surface area contributed by atoms with Crippen LogP contribution in [0.5, 0.6) is 0 Å². The third-order valence-electron chi connectivity index (χ3n) is 5.01. The average molecular weight is 406 g/mol. The number of amides is 1. The lowest BCUT2D eigenvalue weighted by molar-refractivity contribution is -0.119. The van der Waals surface area contributed by atoms with Gasteiger partial charge in [-0.15, -0.1) is 0 Å². The summed E-state index contributed by atoms with van der Waals surface area (Å²) in [6.07, 6.45) is 0.886. The van der Waals surface area contributed by atoms with Crippen molar-refractivity contribution in [2.24, 2.45) is 0 Å². The van der Waals surface area contributed by atoms with E-state index in [0.29, 0.717) is 0 Å². The normalized spacial score (nSPS) is 16.0. The van der Waals surface area contributed by atoms with Gasteiger partial charge in [0.25, 0.3) is 0 Å². The first kappa shape index (κ1) is 17.0. The van der Waals surface area contributed by atoms with Crippen LogP contribution in [0.25, 0.3) is 0 Å². The molecule has 1 aliphatic rings. The fourth-order valence-electron chi connectivity index (χ4n) is 3.84. The smallest absolute Gasteiger partial charge is 0.239 e. The summed E-state index contributed by atoms with van der Waals surface area (Å²) in [5.41, 5.74) is 4.31. The van der Waals surface area contributed by atoms with Crippen LogP contribution in [0, 0.1) is 0 Å². The highest BCUT2D eigenvalue weighted by atomic mass is 79.9. The minimum absolute atomic E-state index is 0.135. The van der Waals surface area contributed by atoms with Crippen molar-refractivity contribution < 1.29 is 4.79 Å². The van der Waals surface area contributed by atoms with Crippen molar-refractivity contribution in [1.29, 1.82) is 0 Å². The third kappa shape index (κ3) is 3.08. The van der Waals surface area contributed by atoms with Gasteiger partial charge in [0, 0.05) is 16.2 Å². The largest absolute Gasteiger partial charge is 0.308 e. The summed E-state index contributed by atoms with van der Waals surface area (Å²) in [6, 6.07) is 26.5. The van der Waals surface area contributed by atoms with E-state index >= 15 is 0 Å². The lowest BCUT2D eigenvalue weighted by atomic mass is 9.89. The summed E-state index contributed by atoms with van der Waals surface area (Å²) in [5, 5.41) is 0. The Labute approximate surface area is 162 Å². The number of benzene rings is 3. The number of carbonyl (C=O) groups excluding carboxylic acids is 1. The standard InChI is InChI=1S/C23H20BrNO/c1-16-14-19-15-20(24)12-13-21(19)25(16)23(26)22(17-8-4-2-5-9-17)18-10-6-3-7-11-18/h2-13,15-16,22H,14H2,1H3. The summed E-state index contributed by atoms with van der Waals surface area (Å²) in [4.78, 5) is 15.7. The van der Waals surface area contributed by atoms with E-state index in [2.05, 4.69) is 28.9 Å². The zero-order chi connectivity index (χ0) is 18.1. The van der Waals surface area contributed by atoms with Crippen molar-refractivity contribution in [2.75, 3.05) is 4.90 Å². The second kappa shape index (κ2) is 7.08. The lowest BCUT2D eigenvalue weighted by Crippen LogP contribution is -2.39. The molecule has 0 aliphatic carbocycles. The molecule has 1 atom stereocenters. The summed E-state index contributed by atoms with van der Waals surface area (Å²) >= 11 is 3.54. The number of nitrogens with zero attached hydrogens (tertiary/aromatic N) is 1. The molecule has 0 spiro atoms. The molecule has 1 heterocycles. The van der Waals surface area contributed by atoms with Gasteiger partial charge in [-0.25, -0.2) is 0 Å². The molecule has 26 heavy (non-hydrogen) atoms. The van der Waals surface area contributed by atoms with Gasteiger partial charge in [0.1, 0.15) is 0 Å². The van der Waals surface area contributed by atoms with Crippen LogP contribution >= 0.6 is 15.9 Å². The Kier molecular flexibility index (Phi) is 4.64. The van der Waals surface area contributed by atoms with Gasteiger partial charge in [-0.1, -0.05) is 76.6 Å². The van der Waals surface area contributed by atoms with Crippen LogP contribution < -0.4 is 4.90 Å². The van der Waals surface area contributed by atoms with Crippen molar-refractivity contribution in [3.63, 3.8) is 0 Å². The molecule has 1 amide bonds. The van der Waals surface area contributed by atoms with Crippen LogP contribution in [0.15, 0.2) is 83.3 Å². The molecule has 0 fully saturated rings. The molecule has 0 saturated carbocycles. The van der Waals surface area contributed by atoms with E-state index in [-0.39, 0.29) is 17.9 Å². The topological polar surface area (TPSA) is 20.3 Å². The molecule has 0 bridgehead atoms. The van der Waals surface area contributed by atoms with Gasteiger partial charge < -0.3 is 4.90 Å². The van der Waals surface area contributed by atoms with Gasteiger partial charge in [0.05, 0.1) is 5.92 Å². The van der Waals surface area contributed by atoms with Crippen LogP contribution in [-0.4, -0.2) is 11.9 Å². The summed E-state index contributed by atoms with van der Waals surface area (Å²) in [7, 11) is 0. The van der Waals surface area contributed by atoms with Crippen molar-refractivity contribution in [1.82, 2.24) is 0 Å². The Hall–Kier alpha value is -2.39. The van der Waals surface area contributed by atoms with Crippen molar-refractivity contribution in [2.45, 2.75) is 25.3 Å². The minimum Gasteiger partial charge on any atom is -0.308 e. The lowest BCUT2D eigenvalue weighted by Gasteiger charge is -2.28. The zero-order valence-corrected chi connectivity index (χ0v) is 16.2. The second-order valence-electron chi connectivity index (χ2n) is 6.79. The molecule has 0 saturated heterocycles. The zero-order valence-electron chi connectivity index (χ0n) is 14.6. The number of carbonyl (C=O) groups is 1. The molecular formula is C23H20BrNO. The van der Waals surface area contributed by atoms with E-state index in [1.54, 1.807) is 0 Å². The molecule has 0 radical (unpaired) electrons. The maximum absolute atomic E-state index is 13.7. The predicted molar refractivity (Wildman–Crippen MR) is 110 cm³/mol. The summed E-state index contributed by atoms with van der Waals surface area (Å²) < 4.78 is 1.06. The van der Waals surface area contributed by atoms with Crippen LogP contribution in [0.3, 0.4) is 0 Å². The highest BCUT2D eigenvalue weighted by Gasteiger charge is 2.36. The van der Waals surface area contributed by atoms with Crippen molar-refractivity contribution >= 4 is 27.5 Å². The van der Waals surface area contributed by atoms with Crippen LogP contribution in [0.1, 0.15) is 29.5 Å². The number of anilines is 1. The maximum atomic E-state index is 13.7. The second-order valence-corrected chi connectivity index (χ2v) is 7.70. The van der Waals surface area contributed by atoms with Crippen LogP contribution in [0.4, 0.5) is 5.69 Å². The summed E-state index contributed by atoms with van der Waals surface area (Å²) in [5.74, 6) is -0.162. The Morgan fingerprint density at radius 3 is 2.12 bits per heavy atom. The number of hydrogen-bond donors (Lipinski definition) is 0. The highest BCUT2D eigenvalue weighted by molar-refractivity contribution is 9.10. The van der Waals surface area contributed by atoms with E-state index in [4.69, 9.17) is 0 Å². The number of rotatable bonds is 3. The van der Waals surface area contributed by atoms with E-state index < -0.39 is 0 Å². The Bertz CT molecular complexity index is 884. The molecule has 2 nitrogen and oxygen atoms in total. The Balaban J connectivity index is 1.79.